The van der Waals surface area contributed by atoms with E-state index in [2.05, 4.69) is 24.3 Å². The third-order valence-corrected chi connectivity index (χ3v) is 27.1. The van der Waals surface area contributed by atoms with Gasteiger partial charge in [0.05, 0.1) is 20.1 Å². The number of fused-ring (bicyclic) bond motifs is 6. The molecule has 8 nitrogen and oxygen atoms in total. The minimum atomic E-state index is -1.68. The fraction of sp³-hybridized carbons (Fsp3) is 0.547. The highest BCUT2D eigenvalue weighted by Gasteiger charge is 2.89. The monoisotopic (exact) mass is 1080 g/mol. The van der Waals surface area contributed by atoms with E-state index in [1.54, 1.807) is 0 Å². The molecule has 0 spiro atoms. The van der Waals surface area contributed by atoms with Crippen LogP contribution in [0.3, 0.4) is 0 Å². The Kier molecular flexibility index (Phi) is 8.00. The standard InChI is InChI=1S/C53H40Cl8O8/c1-66-52(67-2)48(58)36-18-9-10-19(37(36)49(52,59)45(55)44(48)54)33-32(18)40(62)28-14-5-6-15(29(28)41(33)63)25-23-13-22(24(14)25)26-16-7-8-17(27(23)26)31-30(16)42(64)34-20-11-12-21(35(34)43(31)65)39-38(20)50(60)46(56)47(57)51(39,61)53(50,68-3)69-4/h5-12,14-27,36-39H,13H2,1-4H3. The Bertz CT molecular complexity index is 2740. The van der Waals surface area contributed by atoms with Crippen LogP contribution >= 0.6 is 92.8 Å². The zero-order chi connectivity index (χ0) is 47.8. The Hall–Kier alpha value is -1.76. The van der Waals surface area contributed by atoms with Crippen LogP contribution in [0.2, 0.25) is 0 Å². The number of ether oxygens (including phenoxy) is 4. The van der Waals surface area contributed by atoms with Gasteiger partial charge in [-0.1, -0.05) is 95.0 Å². The number of hydrogen-bond acceptors (Lipinski definition) is 8. The molecule has 4 saturated carbocycles. The number of allylic oxidation sites excluding steroid dienone is 16. The highest BCUT2D eigenvalue weighted by atomic mass is 35.5. The van der Waals surface area contributed by atoms with Gasteiger partial charge in [-0.3, -0.25) is 19.2 Å². The van der Waals surface area contributed by atoms with Crippen LogP contribution in [0.25, 0.3) is 0 Å². The van der Waals surface area contributed by atoms with E-state index >= 15 is 19.2 Å². The van der Waals surface area contributed by atoms with E-state index in [4.69, 9.17) is 112 Å². The summed E-state index contributed by atoms with van der Waals surface area (Å²) in [6, 6.07) is 0. The van der Waals surface area contributed by atoms with Gasteiger partial charge in [-0.05, 0) is 41.9 Å². The largest absolute Gasteiger partial charge is 0.350 e. The Morgan fingerprint density at radius 1 is 0.362 bits per heavy atom. The molecule has 0 heterocycles. The average Bonchev–Trinajstić information content (AvgIpc) is 4.12. The molecule has 0 aromatic rings. The van der Waals surface area contributed by atoms with Crippen LogP contribution in [0, 0.1) is 107 Å². The van der Waals surface area contributed by atoms with Gasteiger partial charge < -0.3 is 18.9 Å². The lowest BCUT2D eigenvalue weighted by Crippen LogP contribution is -2.58. The number of halogens is 8. The number of Topliss-reactive ketones (excluding diaryl/α,β-unsaturated/α-hetero) is 4. The van der Waals surface area contributed by atoms with Gasteiger partial charge in [0.25, 0.3) is 0 Å². The summed E-state index contributed by atoms with van der Waals surface area (Å²) >= 11 is 58.9. The number of hydrogen-bond donors (Lipinski definition) is 0. The van der Waals surface area contributed by atoms with Crippen molar-refractivity contribution in [1.29, 1.82) is 0 Å². The van der Waals surface area contributed by atoms with E-state index in [1.165, 1.54) is 28.4 Å². The summed E-state index contributed by atoms with van der Waals surface area (Å²) in [7, 11) is 5.85. The minimum absolute atomic E-state index is 0.0714. The van der Waals surface area contributed by atoms with E-state index in [-0.39, 0.29) is 102 Å². The number of methoxy groups -OCH3 is 4. The van der Waals surface area contributed by atoms with Crippen LogP contribution < -0.4 is 0 Å². The molecule has 0 saturated heterocycles. The molecular formula is C53H40Cl8O8. The van der Waals surface area contributed by atoms with E-state index in [1.807, 2.05) is 24.3 Å². The molecule has 0 aromatic heterocycles. The molecule has 20 rings (SSSR count). The quantitative estimate of drug-likeness (QED) is 0.119. The maximum Gasteiger partial charge on any atom is 0.217 e. The summed E-state index contributed by atoms with van der Waals surface area (Å²) in [5.41, 5.74) is 4.22. The van der Waals surface area contributed by atoms with Crippen molar-refractivity contribution < 1.29 is 38.1 Å². The first-order chi connectivity index (χ1) is 32.9. The number of carbonyl (C=O) groups excluding carboxylic acids is 4. The van der Waals surface area contributed by atoms with Gasteiger partial charge in [-0.25, -0.2) is 0 Å². The number of ketones is 4. The Morgan fingerprint density at radius 3 is 0.754 bits per heavy atom. The highest BCUT2D eigenvalue weighted by Crippen LogP contribution is 2.83. The third kappa shape index (κ3) is 3.74. The van der Waals surface area contributed by atoms with Gasteiger partial charge in [0, 0.05) is 144 Å². The minimum Gasteiger partial charge on any atom is -0.350 e. The molecule has 14 bridgehead atoms. The van der Waals surface area contributed by atoms with Gasteiger partial charge in [-0.15, -0.1) is 46.4 Å². The lowest BCUT2D eigenvalue weighted by molar-refractivity contribution is -0.221. The number of carbonyl (C=O) groups is 4. The maximum absolute atomic E-state index is 15.6. The highest BCUT2D eigenvalue weighted by molar-refractivity contribution is 6.53. The van der Waals surface area contributed by atoms with Crippen molar-refractivity contribution in [3.63, 3.8) is 0 Å². The molecule has 0 aromatic carbocycles. The average molecular weight is 1090 g/mol. The van der Waals surface area contributed by atoms with E-state index in [0.717, 1.165) is 6.42 Å². The van der Waals surface area contributed by atoms with Crippen LogP contribution in [0.1, 0.15) is 6.42 Å². The second-order valence-electron chi connectivity index (χ2n) is 22.5. The SMILES string of the molecule is COC1(OC)C2(Cl)C(Cl)=C(Cl)C1(Cl)C1C3C=CC(C4=C3C(=O)C3=C(C4=O)C4C=CC3C3C5CC(C43)C3C4C=CC(C6=C4C(=O)C4=C(C6=O)C6C=CC4C4C6C6(Cl)C(Cl)=C(Cl)C4(Cl)C6(OC)OC)C53)C12. The summed E-state index contributed by atoms with van der Waals surface area (Å²) < 4.78 is 24.5. The van der Waals surface area contributed by atoms with Gasteiger partial charge in [-0.2, -0.15) is 0 Å². The zero-order valence-electron chi connectivity index (χ0n) is 37.0. The van der Waals surface area contributed by atoms with E-state index < -0.39 is 78.4 Å². The summed E-state index contributed by atoms with van der Waals surface area (Å²) in [6.45, 7) is 0. The molecule has 0 radical (unpaired) electrons. The maximum atomic E-state index is 15.6. The van der Waals surface area contributed by atoms with E-state index in [0.29, 0.717) is 44.6 Å². The molecule has 20 aliphatic carbocycles. The first kappa shape index (κ1) is 43.6. The van der Waals surface area contributed by atoms with Crippen molar-refractivity contribution in [3.8, 4) is 0 Å². The first-order valence-electron chi connectivity index (χ1n) is 23.9. The molecule has 20 atom stereocenters. The van der Waals surface area contributed by atoms with Crippen molar-refractivity contribution in [3.05, 3.63) is 113 Å². The molecule has 356 valence electrons. The van der Waals surface area contributed by atoms with Crippen molar-refractivity contribution >= 4 is 116 Å². The molecule has 0 aliphatic heterocycles. The molecule has 4 fully saturated rings. The van der Waals surface area contributed by atoms with Crippen LogP contribution in [0.4, 0.5) is 0 Å². The summed E-state index contributed by atoms with van der Waals surface area (Å²) in [4.78, 5) is 56.2. The molecule has 20 aliphatic rings. The third-order valence-electron chi connectivity index (χ3n) is 21.8. The Labute approximate surface area is 436 Å². The molecule has 69 heavy (non-hydrogen) atoms. The smallest absolute Gasteiger partial charge is 0.217 e. The van der Waals surface area contributed by atoms with Gasteiger partial charge >= 0.3 is 0 Å². The van der Waals surface area contributed by atoms with Gasteiger partial charge in [0.15, 0.2) is 23.1 Å². The molecular weight excluding hydrogens is 1050 g/mol. The lowest BCUT2D eigenvalue weighted by atomic mass is 9.43. The number of alkyl halides is 4. The van der Waals surface area contributed by atoms with Crippen molar-refractivity contribution in [2.75, 3.05) is 28.4 Å². The second kappa shape index (κ2) is 12.7. The van der Waals surface area contributed by atoms with Crippen LogP contribution in [0.5, 0.6) is 0 Å². The topological polar surface area (TPSA) is 105 Å². The van der Waals surface area contributed by atoms with Crippen molar-refractivity contribution in [2.24, 2.45) is 107 Å². The summed E-state index contributed by atoms with van der Waals surface area (Å²) in [6.07, 6.45) is 17.5. The van der Waals surface area contributed by atoms with Crippen molar-refractivity contribution in [1.82, 2.24) is 0 Å². The van der Waals surface area contributed by atoms with Crippen LogP contribution in [0.15, 0.2) is 113 Å². The predicted molar refractivity (Wildman–Crippen MR) is 257 cm³/mol. The molecule has 20 unspecified atom stereocenters. The van der Waals surface area contributed by atoms with Crippen LogP contribution in [-0.4, -0.2) is 82.6 Å². The fourth-order valence-electron chi connectivity index (χ4n) is 20.5. The first-order valence-corrected chi connectivity index (χ1v) is 26.9. The lowest BCUT2D eigenvalue weighted by Gasteiger charge is -2.60. The van der Waals surface area contributed by atoms with E-state index in [9.17, 15) is 0 Å². The second-order valence-corrected chi connectivity index (χ2v) is 26.4. The number of rotatable bonds is 4. The molecule has 0 N–H and O–H groups in total. The Balaban J connectivity index is 0.767. The molecule has 0 amide bonds. The Morgan fingerprint density at radius 2 is 0.551 bits per heavy atom. The summed E-state index contributed by atoms with van der Waals surface area (Å²) in [5.74, 6) is -9.09. The summed E-state index contributed by atoms with van der Waals surface area (Å²) in [5, 5.41) is 0.506. The fourth-order valence-corrected chi connectivity index (χ4v) is 25.0. The van der Waals surface area contributed by atoms with Crippen LogP contribution in [-0.2, 0) is 38.1 Å². The van der Waals surface area contributed by atoms with Crippen molar-refractivity contribution in [2.45, 2.75) is 37.5 Å². The normalized spacial score (nSPS) is 54.0. The van der Waals surface area contributed by atoms with Gasteiger partial charge in [0.1, 0.15) is 19.5 Å². The van der Waals surface area contributed by atoms with Gasteiger partial charge in [0.2, 0.25) is 11.6 Å². The predicted octanol–water partition coefficient (Wildman–Crippen LogP) is 9.64. The molecule has 16 heteroatoms. The zero-order valence-corrected chi connectivity index (χ0v) is 43.1.